The van der Waals surface area contributed by atoms with Gasteiger partial charge in [0.1, 0.15) is 10.6 Å². The smallest absolute Gasteiger partial charge is 0.415 e. The average molecular weight is 438 g/mol. The number of likely N-dealkylation sites (tertiary alicyclic amines) is 1. The molecule has 2 bridgehead atoms. The van der Waals surface area contributed by atoms with Crippen LogP contribution >= 0.6 is 11.3 Å². The summed E-state index contributed by atoms with van der Waals surface area (Å²) in [5.41, 5.74) is 1.41. The molecule has 0 radical (unpaired) electrons. The zero-order valence-corrected chi connectivity index (χ0v) is 18.4. The van der Waals surface area contributed by atoms with E-state index in [1.807, 2.05) is 46.2 Å². The highest BCUT2D eigenvalue weighted by atomic mass is 32.1. The first kappa shape index (κ1) is 19.3. The van der Waals surface area contributed by atoms with Gasteiger partial charge in [-0.05, 0) is 68.6 Å². The Balaban J connectivity index is 1.23. The van der Waals surface area contributed by atoms with Gasteiger partial charge < -0.3 is 9.64 Å². The lowest BCUT2D eigenvalue weighted by Gasteiger charge is -2.49. The quantitative estimate of drug-likeness (QED) is 0.726. The zero-order valence-electron chi connectivity index (χ0n) is 17.6. The van der Waals surface area contributed by atoms with Crippen LogP contribution in [0.3, 0.4) is 0 Å². The number of anilines is 1. The molecule has 0 N–H and O–H groups in total. The lowest BCUT2D eigenvalue weighted by atomic mass is 9.75. The second-order valence-corrected chi connectivity index (χ2v) is 10.3. The van der Waals surface area contributed by atoms with E-state index in [1.165, 1.54) is 0 Å². The molecule has 1 aromatic heterocycles. The fraction of sp³-hybridized carbons (Fsp3) is 0.500. The van der Waals surface area contributed by atoms with E-state index in [1.54, 1.807) is 11.3 Å². The van der Waals surface area contributed by atoms with E-state index in [4.69, 9.17) is 4.74 Å². The van der Waals surface area contributed by atoms with Gasteiger partial charge in [-0.15, -0.1) is 11.3 Å². The summed E-state index contributed by atoms with van der Waals surface area (Å²) in [6.07, 6.45) is 4.20. The van der Waals surface area contributed by atoms with E-state index in [0.29, 0.717) is 12.5 Å². The van der Waals surface area contributed by atoms with Gasteiger partial charge in [-0.25, -0.2) is 4.79 Å². The molecule has 1 spiro atoms. The predicted molar refractivity (Wildman–Crippen MR) is 121 cm³/mol. The predicted octanol–water partition coefficient (Wildman–Crippen LogP) is 4.07. The van der Waals surface area contributed by atoms with Gasteiger partial charge in [0.05, 0.1) is 6.54 Å². The molecule has 7 rings (SSSR count). The number of benzene rings is 1. The molecule has 5 saturated heterocycles. The summed E-state index contributed by atoms with van der Waals surface area (Å²) < 4.78 is 6.02. The van der Waals surface area contributed by atoms with E-state index in [-0.39, 0.29) is 17.6 Å². The number of carbonyl (C=O) groups is 2. The molecule has 2 aromatic rings. The Morgan fingerprint density at radius 1 is 1.03 bits per heavy atom. The first-order chi connectivity index (χ1) is 15.1. The second kappa shape index (κ2) is 7.35. The number of hydrogen-bond acceptors (Lipinski definition) is 5. The van der Waals surface area contributed by atoms with Crippen LogP contribution < -0.4 is 4.90 Å². The van der Waals surface area contributed by atoms with Crippen LogP contribution in [0.4, 0.5) is 9.80 Å². The number of nitrogens with zero attached hydrogens (tertiary/aromatic N) is 3. The van der Waals surface area contributed by atoms with Gasteiger partial charge in [-0.2, -0.15) is 0 Å². The molecular weight excluding hydrogens is 410 g/mol. The van der Waals surface area contributed by atoms with Crippen molar-refractivity contribution < 1.29 is 14.3 Å². The van der Waals surface area contributed by atoms with Crippen LogP contribution in [0.5, 0.6) is 0 Å². The lowest BCUT2D eigenvalue weighted by molar-refractivity contribution is -0.0881. The number of ether oxygens (including phenoxy) is 1. The number of piperidine rings is 3. The summed E-state index contributed by atoms with van der Waals surface area (Å²) in [4.78, 5) is 32.8. The number of hydrogen-bond donors (Lipinski definition) is 0. The molecule has 5 aliphatic rings. The Morgan fingerprint density at radius 3 is 2.58 bits per heavy atom. The van der Waals surface area contributed by atoms with Crippen molar-refractivity contribution in [2.45, 2.75) is 31.3 Å². The Hall–Kier alpha value is -2.38. The minimum Gasteiger partial charge on any atom is -0.439 e. The van der Waals surface area contributed by atoms with Gasteiger partial charge in [0.2, 0.25) is 0 Å². The lowest BCUT2D eigenvalue weighted by Crippen LogP contribution is -2.61. The number of amides is 2. The summed E-state index contributed by atoms with van der Waals surface area (Å²) >= 11 is 1.59. The summed E-state index contributed by atoms with van der Waals surface area (Å²) in [6, 6.07) is 11.9. The van der Waals surface area contributed by atoms with Crippen LogP contribution in [0.15, 0.2) is 36.4 Å². The topological polar surface area (TPSA) is 53.1 Å². The first-order valence-electron chi connectivity index (χ1n) is 11.3. The van der Waals surface area contributed by atoms with Gasteiger partial charge in [0.15, 0.2) is 0 Å². The van der Waals surface area contributed by atoms with Crippen LogP contribution in [0.25, 0.3) is 10.4 Å². The Kier molecular flexibility index (Phi) is 4.58. The van der Waals surface area contributed by atoms with Crippen molar-refractivity contribution in [1.82, 2.24) is 9.80 Å². The highest BCUT2D eigenvalue weighted by Gasteiger charge is 2.55. The second-order valence-electron chi connectivity index (χ2n) is 9.29. The third kappa shape index (κ3) is 3.26. The fourth-order valence-corrected chi connectivity index (χ4v) is 6.71. The van der Waals surface area contributed by atoms with Crippen LogP contribution in [0.1, 0.15) is 36.0 Å². The van der Waals surface area contributed by atoms with Crippen LogP contribution in [0, 0.1) is 5.92 Å². The average Bonchev–Trinajstić information content (AvgIpc) is 3.55. The minimum atomic E-state index is -0.347. The van der Waals surface area contributed by atoms with E-state index >= 15 is 0 Å². The molecule has 0 unspecified atom stereocenters. The van der Waals surface area contributed by atoms with Crippen molar-refractivity contribution in [3.05, 3.63) is 42.0 Å². The summed E-state index contributed by atoms with van der Waals surface area (Å²) in [6.45, 7) is 5.45. The Bertz CT molecular complexity index is 1020. The fourth-order valence-electron chi connectivity index (χ4n) is 5.72. The minimum absolute atomic E-state index is 0.114. The zero-order chi connectivity index (χ0) is 21.0. The molecule has 31 heavy (non-hydrogen) atoms. The normalized spacial score (nSPS) is 29.7. The third-order valence-electron chi connectivity index (χ3n) is 7.40. The molecular formula is C24H27N3O3S. The van der Waals surface area contributed by atoms with Crippen molar-refractivity contribution >= 4 is 28.3 Å². The molecule has 5 aliphatic heterocycles. The van der Waals surface area contributed by atoms with Crippen molar-refractivity contribution in [1.29, 1.82) is 0 Å². The van der Waals surface area contributed by atoms with Gasteiger partial charge in [-0.3, -0.25) is 14.6 Å². The van der Waals surface area contributed by atoms with Crippen molar-refractivity contribution in [2.24, 2.45) is 5.92 Å². The van der Waals surface area contributed by atoms with Crippen LogP contribution in [-0.2, 0) is 4.74 Å². The number of carbonyl (C=O) groups excluding carboxylic acids is 2. The molecule has 6 heterocycles. The molecule has 2 amide bonds. The van der Waals surface area contributed by atoms with Crippen LogP contribution in [-0.4, -0.2) is 66.7 Å². The maximum absolute atomic E-state index is 12.8. The van der Waals surface area contributed by atoms with E-state index in [2.05, 4.69) is 4.90 Å². The molecule has 162 valence electrons. The molecule has 7 heteroatoms. The van der Waals surface area contributed by atoms with E-state index in [0.717, 1.165) is 79.4 Å². The van der Waals surface area contributed by atoms with Gasteiger partial charge in [0.25, 0.3) is 5.91 Å². The number of fused-ring (bicyclic) bond motifs is 2. The summed E-state index contributed by atoms with van der Waals surface area (Å²) in [5.74, 6) is 0.586. The van der Waals surface area contributed by atoms with Crippen LogP contribution in [0.2, 0.25) is 0 Å². The maximum atomic E-state index is 12.8. The van der Waals surface area contributed by atoms with Gasteiger partial charge >= 0.3 is 6.09 Å². The van der Waals surface area contributed by atoms with Gasteiger partial charge in [-0.1, -0.05) is 12.1 Å². The van der Waals surface area contributed by atoms with E-state index < -0.39 is 0 Å². The largest absolute Gasteiger partial charge is 0.439 e. The number of thiophene rings is 1. The maximum Gasteiger partial charge on any atom is 0.415 e. The highest BCUT2D eigenvalue weighted by Crippen LogP contribution is 2.45. The highest BCUT2D eigenvalue weighted by molar-refractivity contribution is 7.19. The summed E-state index contributed by atoms with van der Waals surface area (Å²) in [7, 11) is 0. The molecule has 5 fully saturated rings. The first-order valence-corrected chi connectivity index (χ1v) is 12.2. The molecule has 6 nitrogen and oxygen atoms in total. The Labute approximate surface area is 186 Å². The molecule has 0 saturated carbocycles. The molecule has 0 aliphatic carbocycles. The third-order valence-corrected chi connectivity index (χ3v) is 8.56. The SMILES string of the molecule is O=C(c1cccc(-c2ccc(N3C[C@@]4(CN5CCC4CC5)OC3=O)s2)c1)N1CCCC1. The van der Waals surface area contributed by atoms with E-state index in [9.17, 15) is 9.59 Å². The Morgan fingerprint density at radius 2 is 1.84 bits per heavy atom. The standard InChI is InChI=1S/C24H27N3O3S/c28-22(26-10-1-2-11-26)18-5-3-4-17(14-18)20-6-7-21(31-20)27-16-24(30-23(27)29)15-25-12-8-19(24)9-13-25/h3-7,14,19H,1-2,8-13,15-16H2/t24-/m1/s1. The molecule has 1 atom stereocenters. The van der Waals surface area contributed by atoms with Crippen molar-refractivity contribution in [2.75, 3.05) is 44.2 Å². The van der Waals surface area contributed by atoms with Crippen molar-refractivity contribution in [3.8, 4) is 10.4 Å². The number of rotatable bonds is 3. The van der Waals surface area contributed by atoms with Gasteiger partial charge in [0, 0.05) is 36.0 Å². The summed E-state index contributed by atoms with van der Waals surface area (Å²) in [5, 5.41) is 0.921. The monoisotopic (exact) mass is 437 g/mol. The van der Waals surface area contributed by atoms with Crippen molar-refractivity contribution in [3.63, 3.8) is 0 Å². The molecule has 1 aromatic carbocycles.